The van der Waals surface area contributed by atoms with Gasteiger partial charge in [0.15, 0.2) is 11.5 Å². The molecule has 0 saturated carbocycles. The van der Waals surface area contributed by atoms with Crippen molar-refractivity contribution in [1.82, 2.24) is 10.4 Å². The summed E-state index contributed by atoms with van der Waals surface area (Å²) in [5, 5.41) is 14.9. The molecule has 1 heterocycles. The van der Waals surface area contributed by atoms with Gasteiger partial charge in [0, 0.05) is 22.2 Å². The molecule has 0 fully saturated rings. The summed E-state index contributed by atoms with van der Waals surface area (Å²) in [6.07, 6.45) is 4.83. The molecule has 3 N–H and O–H groups in total. The summed E-state index contributed by atoms with van der Waals surface area (Å²) < 4.78 is 5.36. The number of aromatic hydroxyl groups is 1. The fraction of sp³-hybridized carbons (Fsp3) is 0.304. The second-order valence-corrected chi connectivity index (χ2v) is 7.55. The molecule has 0 aliphatic heterocycles. The van der Waals surface area contributed by atoms with Crippen molar-refractivity contribution in [3.63, 3.8) is 0 Å². The first-order chi connectivity index (χ1) is 14.0. The summed E-state index contributed by atoms with van der Waals surface area (Å²) in [5.74, 6) is 0.867. The van der Waals surface area contributed by atoms with Crippen molar-refractivity contribution < 1.29 is 14.6 Å². The number of benzene rings is 2. The number of amides is 1. The molecule has 0 saturated heterocycles. The van der Waals surface area contributed by atoms with Gasteiger partial charge in [-0.1, -0.05) is 6.92 Å². The predicted octanol–water partition coefficient (Wildman–Crippen LogP) is 4.16. The van der Waals surface area contributed by atoms with E-state index in [9.17, 15) is 9.90 Å². The number of ether oxygens (including phenoxy) is 1. The first kappa shape index (κ1) is 19.1. The Morgan fingerprint density at radius 1 is 1.34 bits per heavy atom. The number of hydrogen-bond acceptors (Lipinski definition) is 4. The Hall–Kier alpha value is -3.28. The Balaban J connectivity index is 1.50. The quantitative estimate of drug-likeness (QED) is 0.451. The predicted molar refractivity (Wildman–Crippen MR) is 114 cm³/mol. The standard InChI is InChI=1S/C23H25N3O3/c1-3-29-22-11-15(5-9-21(22)27)13-24-26-23(28)16-6-8-20-18(12-16)17-10-14(2)4-7-19(17)25-20/h5-6,8-9,11-14,25,27H,3-4,7,10H2,1-2H3,(H,26,28)/b24-13-. The van der Waals surface area contributed by atoms with E-state index in [0.29, 0.717) is 23.8 Å². The minimum absolute atomic E-state index is 0.0745. The summed E-state index contributed by atoms with van der Waals surface area (Å²) >= 11 is 0. The van der Waals surface area contributed by atoms with Crippen molar-refractivity contribution in [3.05, 3.63) is 58.8 Å². The third-order valence-corrected chi connectivity index (χ3v) is 5.36. The van der Waals surface area contributed by atoms with Crippen LogP contribution in [0.5, 0.6) is 11.5 Å². The molecular weight excluding hydrogens is 366 g/mol. The van der Waals surface area contributed by atoms with Gasteiger partial charge in [-0.3, -0.25) is 4.79 Å². The number of aryl methyl sites for hydroxylation is 1. The van der Waals surface area contributed by atoms with Gasteiger partial charge in [0.25, 0.3) is 5.91 Å². The average Bonchev–Trinajstić information content (AvgIpc) is 3.07. The normalized spacial score (nSPS) is 16.1. The Morgan fingerprint density at radius 2 is 2.21 bits per heavy atom. The second kappa shape index (κ2) is 7.99. The highest BCUT2D eigenvalue weighted by molar-refractivity contribution is 5.99. The van der Waals surface area contributed by atoms with Gasteiger partial charge in [-0.2, -0.15) is 5.10 Å². The minimum Gasteiger partial charge on any atom is -0.504 e. The van der Waals surface area contributed by atoms with Gasteiger partial charge in [-0.05, 0) is 79.6 Å². The number of carbonyl (C=O) groups is 1. The second-order valence-electron chi connectivity index (χ2n) is 7.55. The van der Waals surface area contributed by atoms with E-state index in [1.165, 1.54) is 30.0 Å². The maximum atomic E-state index is 12.6. The van der Waals surface area contributed by atoms with Crippen LogP contribution in [0.2, 0.25) is 0 Å². The van der Waals surface area contributed by atoms with E-state index in [1.54, 1.807) is 12.1 Å². The van der Waals surface area contributed by atoms with Crippen molar-refractivity contribution in [3.8, 4) is 11.5 Å². The van der Waals surface area contributed by atoms with E-state index >= 15 is 0 Å². The van der Waals surface area contributed by atoms with Crippen LogP contribution >= 0.6 is 0 Å². The fourth-order valence-corrected chi connectivity index (χ4v) is 3.84. The summed E-state index contributed by atoms with van der Waals surface area (Å²) in [5.41, 5.74) is 7.59. The highest BCUT2D eigenvalue weighted by Crippen LogP contribution is 2.32. The van der Waals surface area contributed by atoms with E-state index in [0.717, 1.165) is 29.3 Å². The number of phenolic OH excluding ortho intramolecular Hbond substituents is 1. The van der Waals surface area contributed by atoms with Crippen LogP contribution in [0.1, 0.15) is 47.4 Å². The van der Waals surface area contributed by atoms with Gasteiger partial charge in [0.2, 0.25) is 0 Å². The molecule has 0 bridgehead atoms. The van der Waals surface area contributed by atoms with Gasteiger partial charge in [0.1, 0.15) is 0 Å². The van der Waals surface area contributed by atoms with Crippen molar-refractivity contribution in [2.45, 2.75) is 33.1 Å². The SMILES string of the molecule is CCOc1cc(/C=N\NC(=O)c2ccc3[nH]c4c(c3c2)CC(C)CC4)ccc1O. The molecule has 2 aromatic carbocycles. The number of nitrogens with zero attached hydrogens (tertiary/aromatic N) is 1. The monoisotopic (exact) mass is 391 g/mol. The Labute approximate surface area is 169 Å². The number of hydrogen-bond donors (Lipinski definition) is 3. The lowest BCUT2D eigenvalue weighted by molar-refractivity contribution is 0.0955. The summed E-state index contributed by atoms with van der Waals surface area (Å²) in [6.45, 7) is 4.57. The lowest BCUT2D eigenvalue weighted by atomic mass is 9.87. The molecule has 6 nitrogen and oxygen atoms in total. The first-order valence-corrected chi connectivity index (χ1v) is 9.98. The van der Waals surface area contributed by atoms with Gasteiger partial charge < -0.3 is 14.8 Å². The maximum absolute atomic E-state index is 12.6. The van der Waals surface area contributed by atoms with Crippen LogP contribution in [0, 0.1) is 5.92 Å². The largest absolute Gasteiger partial charge is 0.504 e. The molecule has 4 rings (SSSR count). The number of aromatic amines is 1. The average molecular weight is 391 g/mol. The van der Waals surface area contributed by atoms with Crippen LogP contribution in [0.15, 0.2) is 41.5 Å². The van der Waals surface area contributed by atoms with E-state index in [2.05, 4.69) is 22.4 Å². The fourth-order valence-electron chi connectivity index (χ4n) is 3.84. The van der Waals surface area contributed by atoms with Crippen molar-refractivity contribution in [2.24, 2.45) is 11.0 Å². The molecule has 1 unspecified atom stereocenters. The lowest BCUT2D eigenvalue weighted by Crippen LogP contribution is -2.17. The van der Waals surface area contributed by atoms with Crippen molar-refractivity contribution in [2.75, 3.05) is 6.61 Å². The van der Waals surface area contributed by atoms with E-state index in [1.807, 2.05) is 25.1 Å². The number of rotatable bonds is 5. The summed E-state index contributed by atoms with van der Waals surface area (Å²) in [7, 11) is 0. The Bertz CT molecular complexity index is 1080. The highest BCUT2D eigenvalue weighted by Gasteiger charge is 2.20. The van der Waals surface area contributed by atoms with Gasteiger partial charge in [-0.15, -0.1) is 0 Å². The number of aromatic nitrogens is 1. The lowest BCUT2D eigenvalue weighted by Gasteiger charge is -2.18. The van der Waals surface area contributed by atoms with Crippen LogP contribution in [0.25, 0.3) is 10.9 Å². The van der Waals surface area contributed by atoms with E-state index in [-0.39, 0.29) is 11.7 Å². The number of phenols is 1. The first-order valence-electron chi connectivity index (χ1n) is 9.98. The van der Waals surface area contributed by atoms with E-state index < -0.39 is 0 Å². The smallest absolute Gasteiger partial charge is 0.271 e. The highest BCUT2D eigenvalue weighted by atomic mass is 16.5. The molecule has 6 heteroatoms. The van der Waals surface area contributed by atoms with Crippen molar-refractivity contribution >= 4 is 23.0 Å². The zero-order valence-corrected chi connectivity index (χ0v) is 16.7. The topological polar surface area (TPSA) is 86.7 Å². The molecular formula is C23H25N3O3. The summed E-state index contributed by atoms with van der Waals surface area (Å²) in [4.78, 5) is 16.1. The van der Waals surface area contributed by atoms with Crippen LogP contribution < -0.4 is 10.2 Å². The Kier molecular flexibility index (Phi) is 5.25. The third-order valence-electron chi connectivity index (χ3n) is 5.36. The molecule has 29 heavy (non-hydrogen) atoms. The Morgan fingerprint density at radius 3 is 3.03 bits per heavy atom. The molecule has 1 aliphatic rings. The van der Waals surface area contributed by atoms with Gasteiger partial charge in [-0.25, -0.2) is 5.43 Å². The molecule has 1 aliphatic carbocycles. The molecule has 1 atom stereocenters. The molecule has 0 radical (unpaired) electrons. The zero-order chi connectivity index (χ0) is 20.4. The third kappa shape index (κ3) is 3.97. The molecule has 1 amide bonds. The van der Waals surface area contributed by atoms with Crippen LogP contribution in [-0.2, 0) is 12.8 Å². The van der Waals surface area contributed by atoms with Crippen LogP contribution in [-0.4, -0.2) is 28.8 Å². The molecule has 1 aromatic heterocycles. The zero-order valence-electron chi connectivity index (χ0n) is 16.7. The number of carbonyl (C=O) groups excluding carboxylic acids is 1. The van der Waals surface area contributed by atoms with Gasteiger partial charge in [0.05, 0.1) is 12.8 Å². The van der Waals surface area contributed by atoms with Crippen molar-refractivity contribution in [1.29, 1.82) is 0 Å². The molecule has 0 spiro atoms. The van der Waals surface area contributed by atoms with Crippen LogP contribution in [0.3, 0.4) is 0 Å². The van der Waals surface area contributed by atoms with E-state index in [4.69, 9.17) is 4.74 Å². The minimum atomic E-state index is -0.259. The van der Waals surface area contributed by atoms with Gasteiger partial charge >= 0.3 is 0 Å². The number of H-pyrrole nitrogens is 1. The maximum Gasteiger partial charge on any atom is 0.271 e. The molecule has 150 valence electrons. The summed E-state index contributed by atoms with van der Waals surface area (Å²) in [6, 6.07) is 10.6. The number of nitrogens with one attached hydrogen (secondary N) is 2. The molecule has 3 aromatic rings. The van der Waals surface area contributed by atoms with Crippen LogP contribution in [0.4, 0.5) is 0 Å². The number of hydrazone groups is 1. The number of fused-ring (bicyclic) bond motifs is 3.